The van der Waals surface area contributed by atoms with Crippen LogP contribution in [-0.2, 0) is 18.3 Å². The zero-order valence-electron chi connectivity index (χ0n) is 9.94. The molecule has 1 aromatic rings. The van der Waals surface area contributed by atoms with Crippen LogP contribution in [0.3, 0.4) is 0 Å². The number of aromatic nitrogens is 1. The van der Waals surface area contributed by atoms with Gasteiger partial charge in [0.2, 0.25) is 17.3 Å². The number of carbonyl (C=O) groups is 3. The van der Waals surface area contributed by atoms with Gasteiger partial charge in [0, 0.05) is 37.9 Å². The first kappa shape index (κ1) is 13.0. The Hall–Kier alpha value is -2.04. The summed E-state index contributed by atoms with van der Waals surface area (Å²) in [7, 11) is 1.56. The Morgan fingerprint density at radius 2 is 1.76 bits per heavy atom. The molecule has 0 aliphatic heterocycles. The third kappa shape index (κ3) is 2.75. The summed E-state index contributed by atoms with van der Waals surface area (Å²) in [6.07, 6.45) is -0.346. The lowest BCUT2D eigenvalue weighted by molar-refractivity contribution is -0.675. The average molecular weight is 235 g/mol. The second-order valence-electron chi connectivity index (χ2n) is 3.81. The van der Waals surface area contributed by atoms with Crippen molar-refractivity contribution < 1.29 is 24.1 Å². The molecule has 0 aliphatic carbocycles. The van der Waals surface area contributed by atoms with Crippen LogP contribution < -0.4 is 9.67 Å². The van der Waals surface area contributed by atoms with E-state index in [1.807, 2.05) is 0 Å². The minimum atomic E-state index is -1.26. The van der Waals surface area contributed by atoms with Gasteiger partial charge in [-0.3, -0.25) is 9.59 Å². The van der Waals surface area contributed by atoms with Crippen molar-refractivity contribution in [1.82, 2.24) is 0 Å². The van der Waals surface area contributed by atoms with E-state index >= 15 is 0 Å². The van der Waals surface area contributed by atoms with Crippen molar-refractivity contribution in [3.63, 3.8) is 0 Å². The fourth-order valence-corrected chi connectivity index (χ4v) is 1.82. The topological polar surface area (TPSA) is 78.2 Å². The molecule has 0 amide bonds. The Morgan fingerprint density at radius 1 is 1.18 bits per heavy atom. The molecule has 0 aliphatic rings. The van der Waals surface area contributed by atoms with E-state index in [1.165, 1.54) is 30.5 Å². The van der Waals surface area contributed by atoms with Crippen molar-refractivity contribution in [2.75, 3.05) is 0 Å². The van der Waals surface area contributed by atoms with Crippen molar-refractivity contribution >= 4 is 17.5 Å². The number of hydrogen-bond donors (Lipinski definition) is 0. The molecule has 0 spiro atoms. The first-order valence-electron chi connectivity index (χ1n) is 5.08. The van der Waals surface area contributed by atoms with Crippen LogP contribution in [0.25, 0.3) is 0 Å². The maximum Gasteiger partial charge on any atom is 0.252 e. The van der Waals surface area contributed by atoms with Crippen molar-refractivity contribution in [3.8, 4) is 0 Å². The molecule has 5 nitrogen and oxygen atoms in total. The number of ketones is 2. The zero-order valence-corrected chi connectivity index (χ0v) is 9.94. The minimum Gasteiger partial charge on any atom is -0.550 e. The lowest BCUT2D eigenvalue weighted by atomic mass is 10.1. The highest BCUT2D eigenvalue weighted by Gasteiger charge is 2.23. The highest BCUT2D eigenvalue weighted by molar-refractivity contribution is 5.95. The van der Waals surface area contributed by atoms with E-state index in [1.54, 1.807) is 7.05 Å². The molecule has 0 atom stereocenters. The number of carboxylic acids is 1. The standard InChI is InChI=1S/C12H13NO4/c1-7(14)10-5-4-9(6-11(16)17)12(8(2)15)13(10)3/h4-5H,6H2,1-3H3. The van der Waals surface area contributed by atoms with Gasteiger partial charge in [0.1, 0.15) is 7.05 Å². The van der Waals surface area contributed by atoms with Crippen molar-refractivity contribution in [1.29, 1.82) is 0 Å². The summed E-state index contributed by atoms with van der Waals surface area (Å²) in [5.74, 6) is -1.73. The van der Waals surface area contributed by atoms with E-state index in [0.29, 0.717) is 11.3 Å². The molecule has 5 heteroatoms. The van der Waals surface area contributed by atoms with Crippen LogP contribution in [-0.4, -0.2) is 17.5 Å². The van der Waals surface area contributed by atoms with Gasteiger partial charge in [0.25, 0.3) is 5.69 Å². The fraction of sp³-hybridized carbons (Fsp3) is 0.333. The molecule has 0 fully saturated rings. The van der Waals surface area contributed by atoms with Crippen molar-refractivity contribution in [2.24, 2.45) is 7.05 Å². The van der Waals surface area contributed by atoms with E-state index in [-0.39, 0.29) is 23.7 Å². The number of rotatable bonds is 4. The SMILES string of the molecule is CC(=O)c1ccc(CC(=O)[O-])c(C(C)=O)[n+]1C. The van der Waals surface area contributed by atoms with Gasteiger partial charge in [-0.25, -0.2) is 0 Å². The van der Waals surface area contributed by atoms with Crippen molar-refractivity contribution in [2.45, 2.75) is 20.3 Å². The predicted molar refractivity (Wildman–Crippen MR) is 56.3 cm³/mol. The van der Waals surface area contributed by atoms with E-state index in [4.69, 9.17) is 0 Å². The van der Waals surface area contributed by atoms with Gasteiger partial charge < -0.3 is 9.90 Å². The van der Waals surface area contributed by atoms with Gasteiger partial charge in [-0.1, -0.05) is 0 Å². The largest absolute Gasteiger partial charge is 0.550 e. The molecule has 0 aromatic carbocycles. The molecule has 0 radical (unpaired) electrons. The quantitative estimate of drug-likeness (QED) is 0.506. The van der Waals surface area contributed by atoms with Gasteiger partial charge in [0.15, 0.2) is 0 Å². The first-order valence-corrected chi connectivity index (χ1v) is 5.08. The number of Topliss-reactive ketones (excluding diaryl/α,β-unsaturated/α-hetero) is 2. The molecule has 0 bridgehead atoms. The second-order valence-corrected chi connectivity index (χ2v) is 3.81. The Balaban J connectivity index is 3.44. The highest BCUT2D eigenvalue weighted by atomic mass is 16.4. The molecule has 0 saturated carbocycles. The van der Waals surface area contributed by atoms with Gasteiger partial charge >= 0.3 is 0 Å². The molecule has 90 valence electrons. The third-order valence-electron chi connectivity index (χ3n) is 2.47. The van der Waals surface area contributed by atoms with Crippen LogP contribution >= 0.6 is 0 Å². The summed E-state index contributed by atoms with van der Waals surface area (Å²) in [5.41, 5.74) is 0.934. The highest BCUT2D eigenvalue weighted by Crippen LogP contribution is 2.08. The van der Waals surface area contributed by atoms with Crippen LogP contribution in [0.5, 0.6) is 0 Å². The average Bonchev–Trinajstić information content (AvgIpc) is 2.15. The zero-order chi connectivity index (χ0) is 13.2. The molecule has 0 N–H and O–H groups in total. The Bertz CT molecular complexity index is 505. The van der Waals surface area contributed by atoms with Crippen LogP contribution in [0.15, 0.2) is 12.1 Å². The minimum absolute atomic E-state index is 0.185. The van der Waals surface area contributed by atoms with Crippen LogP contribution in [0, 0.1) is 0 Å². The molecule has 1 aromatic heterocycles. The summed E-state index contributed by atoms with van der Waals surface area (Å²) in [4.78, 5) is 33.4. The predicted octanol–water partition coefficient (Wildman–Crippen LogP) is -0.791. The van der Waals surface area contributed by atoms with Crippen LogP contribution in [0.4, 0.5) is 0 Å². The van der Waals surface area contributed by atoms with E-state index in [2.05, 4.69) is 0 Å². The molecule has 1 rings (SSSR count). The first-order chi connectivity index (χ1) is 7.84. The van der Waals surface area contributed by atoms with E-state index in [0.717, 1.165) is 0 Å². The van der Waals surface area contributed by atoms with Gasteiger partial charge in [-0.2, -0.15) is 4.57 Å². The Morgan fingerprint density at radius 3 is 2.18 bits per heavy atom. The summed E-state index contributed by atoms with van der Waals surface area (Å²) < 4.78 is 1.42. The summed E-state index contributed by atoms with van der Waals surface area (Å²) in [5, 5.41) is 10.6. The van der Waals surface area contributed by atoms with Crippen LogP contribution in [0.1, 0.15) is 40.4 Å². The lowest BCUT2D eigenvalue weighted by Crippen LogP contribution is -2.43. The monoisotopic (exact) mass is 235 g/mol. The molecular weight excluding hydrogens is 222 g/mol. The summed E-state index contributed by atoms with van der Waals surface area (Å²) >= 11 is 0. The van der Waals surface area contributed by atoms with Crippen LogP contribution in [0.2, 0.25) is 0 Å². The molecular formula is C12H13NO4. The van der Waals surface area contributed by atoms with Gasteiger partial charge in [-0.05, 0) is 6.07 Å². The second kappa shape index (κ2) is 4.86. The Kier molecular flexibility index (Phi) is 3.73. The normalized spacial score (nSPS) is 10.1. The fourth-order valence-electron chi connectivity index (χ4n) is 1.82. The summed E-state index contributed by atoms with van der Waals surface area (Å²) in [6, 6.07) is 2.98. The third-order valence-corrected chi connectivity index (χ3v) is 2.47. The van der Waals surface area contributed by atoms with Gasteiger partial charge in [0.05, 0.1) is 0 Å². The number of pyridine rings is 1. The number of carbonyl (C=O) groups excluding carboxylic acids is 3. The van der Waals surface area contributed by atoms with E-state index in [9.17, 15) is 19.5 Å². The Labute approximate surface area is 98.7 Å². The number of hydrogen-bond acceptors (Lipinski definition) is 4. The van der Waals surface area contributed by atoms with Gasteiger partial charge in [-0.15, -0.1) is 0 Å². The molecule has 0 saturated heterocycles. The molecule has 17 heavy (non-hydrogen) atoms. The smallest absolute Gasteiger partial charge is 0.252 e. The lowest BCUT2D eigenvalue weighted by Gasteiger charge is -2.07. The maximum absolute atomic E-state index is 11.5. The number of aliphatic carboxylic acids is 1. The molecule has 0 unspecified atom stereocenters. The molecule has 1 heterocycles. The summed E-state index contributed by atoms with van der Waals surface area (Å²) in [6.45, 7) is 2.72. The number of carboxylic acid groups (broad SMARTS) is 1. The number of nitrogens with zero attached hydrogens (tertiary/aromatic N) is 1. The van der Waals surface area contributed by atoms with Crippen molar-refractivity contribution in [3.05, 3.63) is 29.1 Å². The van der Waals surface area contributed by atoms with E-state index < -0.39 is 5.97 Å². The maximum atomic E-state index is 11.5.